The van der Waals surface area contributed by atoms with Gasteiger partial charge in [0.2, 0.25) is 5.91 Å². The number of nitrogens with one attached hydrogen (secondary N) is 3. The third-order valence-electron chi connectivity index (χ3n) is 4.05. The number of benzene rings is 1. The summed E-state index contributed by atoms with van der Waals surface area (Å²) < 4.78 is 5.43. The van der Waals surface area contributed by atoms with Crippen LogP contribution in [-0.4, -0.2) is 45.2 Å². The average molecular weight is 490 g/mol. The van der Waals surface area contributed by atoms with Crippen LogP contribution in [0.15, 0.2) is 23.2 Å². The number of ether oxygens (including phenoxy) is 1. The van der Waals surface area contributed by atoms with Crippen molar-refractivity contribution in [3.63, 3.8) is 0 Å². The molecular formula is C20H35IN4O2. The van der Waals surface area contributed by atoms with Crippen molar-refractivity contribution in [2.75, 3.05) is 33.3 Å². The van der Waals surface area contributed by atoms with Crippen molar-refractivity contribution in [1.82, 2.24) is 16.0 Å². The summed E-state index contributed by atoms with van der Waals surface area (Å²) in [5, 5.41) is 9.42. The molecule has 27 heavy (non-hydrogen) atoms. The van der Waals surface area contributed by atoms with Gasteiger partial charge in [0.15, 0.2) is 5.96 Å². The Morgan fingerprint density at radius 2 is 1.81 bits per heavy atom. The molecule has 6 nitrogen and oxygen atoms in total. The van der Waals surface area contributed by atoms with Crippen LogP contribution in [0.5, 0.6) is 5.75 Å². The maximum Gasteiger partial charge on any atom is 0.227 e. The van der Waals surface area contributed by atoms with Crippen LogP contribution in [0.1, 0.15) is 38.8 Å². The zero-order valence-electron chi connectivity index (χ0n) is 17.4. The van der Waals surface area contributed by atoms with Gasteiger partial charge in [-0.25, -0.2) is 0 Å². The van der Waals surface area contributed by atoms with E-state index in [1.54, 1.807) is 7.11 Å². The molecule has 0 spiro atoms. The summed E-state index contributed by atoms with van der Waals surface area (Å²) in [5.41, 5.74) is 1.83. The zero-order valence-corrected chi connectivity index (χ0v) is 19.8. The van der Waals surface area contributed by atoms with E-state index in [1.165, 1.54) is 11.1 Å². The SMILES string of the molecule is CCNC(=O)C(C)(C)CN=C(NCC)NCCc1cc(C)ccc1OC.I. The standard InChI is InChI=1S/C20H34N4O2.HI/c1-7-21-18(25)20(4,5)14-24-19(22-8-2)23-12-11-16-13-15(3)9-10-17(16)26-6;/h9-10,13H,7-8,11-12,14H2,1-6H3,(H,21,25)(H2,22,23,24);1H. The molecule has 0 saturated heterocycles. The Balaban J connectivity index is 0.00000676. The van der Waals surface area contributed by atoms with E-state index in [2.05, 4.69) is 33.9 Å². The van der Waals surface area contributed by atoms with E-state index < -0.39 is 5.41 Å². The van der Waals surface area contributed by atoms with Crippen molar-refractivity contribution in [2.24, 2.45) is 10.4 Å². The molecule has 0 aliphatic rings. The van der Waals surface area contributed by atoms with E-state index in [0.29, 0.717) is 13.1 Å². The van der Waals surface area contributed by atoms with E-state index in [4.69, 9.17) is 4.74 Å². The second-order valence-corrected chi connectivity index (χ2v) is 6.93. The molecule has 0 unspecified atom stereocenters. The van der Waals surface area contributed by atoms with Gasteiger partial charge in [-0.15, -0.1) is 24.0 Å². The summed E-state index contributed by atoms with van der Waals surface area (Å²) in [4.78, 5) is 16.7. The average Bonchev–Trinajstić information content (AvgIpc) is 2.60. The highest BCUT2D eigenvalue weighted by atomic mass is 127. The smallest absolute Gasteiger partial charge is 0.227 e. The molecule has 1 rings (SSSR count). The monoisotopic (exact) mass is 490 g/mol. The van der Waals surface area contributed by atoms with Crippen LogP contribution < -0.4 is 20.7 Å². The van der Waals surface area contributed by atoms with Gasteiger partial charge in [0, 0.05) is 19.6 Å². The first-order valence-corrected chi connectivity index (χ1v) is 9.28. The van der Waals surface area contributed by atoms with Crippen molar-refractivity contribution in [3.8, 4) is 5.75 Å². The number of rotatable bonds is 9. The zero-order chi connectivity index (χ0) is 19.6. The van der Waals surface area contributed by atoms with Crippen molar-refractivity contribution >= 4 is 35.8 Å². The maximum atomic E-state index is 12.1. The molecule has 0 atom stereocenters. The fourth-order valence-corrected chi connectivity index (χ4v) is 2.51. The number of hydrogen-bond acceptors (Lipinski definition) is 3. The Kier molecular flexibility index (Phi) is 12.1. The number of halogens is 1. The maximum absolute atomic E-state index is 12.1. The van der Waals surface area contributed by atoms with Gasteiger partial charge in [0.05, 0.1) is 19.1 Å². The Bertz CT molecular complexity index is 618. The van der Waals surface area contributed by atoms with E-state index in [9.17, 15) is 4.79 Å². The van der Waals surface area contributed by atoms with Crippen LogP contribution in [0.4, 0.5) is 0 Å². The van der Waals surface area contributed by atoms with Crippen LogP contribution in [0, 0.1) is 12.3 Å². The van der Waals surface area contributed by atoms with Gasteiger partial charge in [0.25, 0.3) is 0 Å². The molecule has 0 heterocycles. The molecular weight excluding hydrogens is 455 g/mol. The predicted molar refractivity (Wildman–Crippen MR) is 123 cm³/mol. The molecule has 1 amide bonds. The molecule has 1 aromatic rings. The van der Waals surface area contributed by atoms with Gasteiger partial charge in [-0.1, -0.05) is 17.7 Å². The van der Waals surface area contributed by atoms with Crippen LogP contribution in [0.2, 0.25) is 0 Å². The number of aryl methyl sites for hydroxylation is 1. The van der Waals surface area contributed by atoms with Gasteiger partial charge in [0.1, 0.15) is 5.75 Å². The van der Waals surface area contributed by atoms with Gasteiger partial charge in [-0.05, 0) is 52.7 Å². The topological polar surface area (TPSA) is 74.8 Å². The second-order valence-electron chi connectivity index (χ2n) is 6.93. The molecule has 1 aromatic carbocycles. The molecule has 0 bridgehead atoms. The van der Waals surface area contributed by atoms with Gasteiger partial charge < -0.3 is 20.7 Å². The number of amides is 1. The lowest BCUT2D eigenvalue weighted by molar-refractivity contribution is -0.128. The Hall–Kier alpha value is -1.51. The largest absolute Gasteiger partial charge is 0.496 e. The second kappa shape index (κ2) is 12.8. The first-order chi connectivity index (χ1) is 12.3. The lowest BCUT2D eigenvalue weighted by Gasteiger charge is -2.22. The molecule has 0 aliphatic heterocycles. The number of guanidine groups is 1. The molecule has 7 heteroatoms. The van der Waals surface area contributed by atoms with Crippen molar-refractivity contribution in [3.05, 3.63) is 29.3 Å². The van der Waals surface area contributed by atoms with E-state index in [1.807, 2.05) is 39.8 Å². The molecule has 0 fully saturated rings. The lowest BCUT2D eigenvalue weighted by Crippen LogP contribution is -2.42. The quantitative estimate of drug-likeness (QED) is 0.283. The summed E-state index contributed by atoms with van der Waals surface area (Å²) in [7, 11) is 1.69. The number of hydrogen-bond donors (Lipinski definition) is 3. The molecule has 0 saturated carbocycles. The predicted octanol–water partition coefficient (Wildman–Crippen LogP) is 2.88. The summed E-state index contributed by atoms with van der Waals surface area (Å²) in [5.74, 6) is 1.64. The van der Waals surface area contributed by atoms with E-state index in [0.717, 1.165) is 31.2 Å². The normalized spacial score (nSPS) is 11.4. The Labute approximate surface area is 181 Å². The summed E-state index contributed by atoms with van der Waals surface area (Å²) in [6.45, 7) is 12.4. The number of carbonyl (C=O) groups excluding carboxylic acids is 1. The minimum atomic E-state index is -0.544. The van der Waals surface area contributed by atoms with Crippen molar-refractivity contribution < 1.29 is 9.53 Å². The fraction of sp³-hybridized carbons (Fsp3) is 0.600. The van der Waals surface area contributed by atoms with E-state index >= 15 is 0 Å². The van der Waals surface area contributed by atoms with Crippen LogP contribution in [0.25, 0.3) is 0 Å². The molecule has 154 valence electrons. The van der Waals surface area contributed by atoms with Crippen molar-refractivity contribution in [2.45, 2.75) is 41.0 Å². The summed E-state index contributed by atoms with van der Waals surface area (Å²) in [6.07, 6.45) is 0.828. The van der Waals surface area contributed by atoms with E-state index in [-0.39, 0.29) is 29.9 Å². The highest BCUT2D eigenvalue weighted by Gasteiger charge is 2.26. The summed E-state index contributed by atoms with van der Waals surface area (Å²) in [6, 6.07) is 6.19. The molecule has 0 radical (unpaired) electrons. The van der Waals surface area contributed by atoms with Gasteiger partial charge in [-0.3, -0.25) is 9.79 Å². The Morgan fingerprint density at radius 3 is 2.41 bits per heavy atom. The Morgan fingerprint density at radius 1 is 1.15 bits per heavy atom. The number of aliphatic imine (C=N–C) groups is 1. The fourth-order valence-electron chi connectivity index (χ4n) is 2.51. The van der Waals surface area contributed by atoms with Gasteiger partial charge in [-0.2, -0.15) is 0 Å². The van der Waals surface area contributed by atoms with Crippen LogP contribution in [0.3, 0.4) is 0 Å². The minimum absolute atomic E-state index is 0. The molecule has 0 aromatic heterocycles. The van der Waals surface area contributed by atoms with Crippen LogP contribution in [-0.2, 0) is 11.2 Å². The van der Waals surface area contributed by atoms with Crippen molar-refractivity contribution in [1.29, 1.82) is 0 Å². The summed E-state index contributed by atoms with van der Waals surface area (Å²) >= 11 is 0. The highest BCUT2D eigenvalue weighted by molar-refractivity contribution is 14.0. The third kappa shape index (κ3) is 8.81. The molecule has 0 aliphatic carbocycles. The van der Waals surface area contributed by atoms with Crippen LogP contribution >= 0.6 is 24.0 Å². The number of methoxy groups -OCH3 is 1. The van der Waals surface area contributed by atoms with Gasteiger partial charge >= 0.3 is 0 Å². The number of nitrogens with zero attached hydrogens (tertiary/aromatic N) is 1. The third-order valence-corrected chi connectivity index (χ3v) is 4.05. The first kappa shape index (κ1) is 25.5. The molecule has 3 N–H and O–H groups in total. The highest BCUT2D eigenvalue weighted by Crippen LogP contribution is 2.19. The minimum Gasteiger partial charge on any atom is -0.496 e. The first-order valence-electron chi connectivity index (χ1n) is 9.28. The number of carbonyl (C=O) groups is 1. The lowest BCUT2D eigenvalue weighted by atomic mass is 9.92.